The van der Waals surface area contributed by atoms with Crippen molar-refractivity contribution in [3.63, 3.8) is 0 Å². The van der Waals surface area contributed by atoms with Gasteiger partial charge in [0.15, 0.2) is 0 Å². The lowest BCUT2D eigenvalue weighted by molar-refractivity contribution is 0.0964. The third-order valence-electron chi connectivity index (χ3n) is 5.91. The van der Waals surface area contributed by atoms with Crippen molar-refractivity contribution >= 4 is 22.6 Å². The minimum atomic E-state index is -0.459. The smallest absolute Gasteiger partial charge is 0.251 e. The molecule has 8 nitrogen and oxygen atoms in total. The molecule has 1 amide bonds. The summed E-state index contributed by atoms with van der Waals surface area (Å²) in [5.74, 6) is 1.01. The topological polar surface area (TPSA) is 106 Å². The summed E-state index contributed by atoms with van der Waals surface area (Å²) >= 11 is 0. The molecule has 0 aliphatic heterocycles. The summed E-state index contributed by atoms with van der Waals surface area (Å²) in [4.78, 5) is 34.1. The van der Waals surface area contributed by atoms with E-state index in [1.54, 1.807) is 24.7 Å². The van der Waals surface area contributed by atoms with Gasteiger partial charge in [-0.15, -0.1) is 0 Å². The molecule has 4 rings (SSSR count). The number of benzene rings is 1. The standard InChI is InChI=1S/C26H28FN7O/c1-15(2)25-31-12-17(13-32-25)21-11-22(34-14-33-21)29-9-7-16(3)18-5-6-20(27)23-19(26(35)28-4)8-10-30-24(18)23/h5-6,8,10-16H,7,9H2,1-4H3,(H,28,35)(H,29,33,34). The molecule has 0 saturated heterocycles. The Kier molecular flexibility index (Phi) is 7.24. The maximum Gasteiger partial charge on any atom is 0.251 e. The SMILES string of the molecule is CNC(=O)c1ccnc2c(C(C)CCNc3cc(-c4cnc(C(C)C)nc4)ncn3)ccc(F)c12. The van der Waals surface area contributed by atoms with E-state index < -0.39 is 5.82 Å². The normalized spacial score (nSPS) is 12.1. The van der Waals surface area contributed by atoms with E-state index in [0.29, 0.717) is 17.9 Å². The Labute approximate surface area is 203 Å². The van der Waals surface area contributed by atoms with Gasteiger partial charge in [-0.2, -0.15) is 0 Å². The number of rotatable bonds is 8. The number of hydrogen-bond acceptors (Lipinski definition) is 7. The van der Waals surface area contributed by atoms with Gasteiger partial charge in [0.05, 0.1) is 16.8 Å². The van der Waals surface area contributed by atoms with Crippen LogP contribution in [0.15, 0.2) is 49.2 Å². The van der Waals surface area contributed by atoms with Crippen LogP contribution in [0, 0.1) is 5.82 Å². The average Bonchev–Trinajstić information content (AvgIpc) is 2.88. The highest BCUT2D eigenvalue weighted by atomic mass is 19.1. The molecule has 0 radical (unpaired) electrons. The number of amides is 1. The predicted molar refractivity (Wildman–Crippen MR) is 134 cm³/mol. The molecule has 0 saturated carbocycles. The molecule has 0 fully saturated rings. The van der Waals surface area contributed by atoms with E-state index in [-0.39, 0.29) is 28.7 Å². The van der Waals surface area contributed by atoms with Crippen LogP contribution < -0.4 is 10.6 Å². The number of nitrogens with zero attached hydrogens (tertiary/aromatic N) is 5. The van der Waals surface area contributed by atoms with Crippen LogP contribution in [0.1, 0.15) is 60.8 Å². The molecule has 3 aromatic heterocycles. The van der Waals surface area contributed by atoms with Gasteiger partial charge in [0, 0.05) is 55.1 Å². The van der Waals surface area contributed by atoms with Crippen molar-refractivity contribution in [2.24, 2.45) is 0 Å². The second-order valence-electron chi connectivity index (χ2n) is 8.69. The first-order valence-corrected chi connectivity index (χ1v) is 11.6. The van der Waals surface area contributed by atoms with Crippen LogP contribution in [0.5, 0.6) is 0 Å². The van der Waals surface area contributed by atoms with Crippen LogP contribution in [0.2, 0.25) is 0 Å². The molecule has 35 heavy (non-hydrogen) atoms. The number of anilines is 1. The first-order valence-electron chi connectivity index (χ1n) is 11.6. The molecule has 180 valence electrons. The number of halogens is 1. The van der Waals surface area contributed by atoms with Gasteiger partial charge in [-0.25, -0.2) is 24.3 Å². The molecule has 0 bridgehead atoms. The first-order chi connectivity index (χ1) is 16.9. The molecule has 2 N–H and O–H groups in total. The van der Waals surface area contributed by atoms with Crippen LogP contribution in [-0.2, 0) is 0 Å². The van der Waals surface area contributed by atoms with Gasteiger partial charge in [0.25, 0.3) is 5.91 Å². The van der Waals surface area contributed by atoms with Gasteiger partial charge < -0.3 is 10.6 Å². The Morgan fingerprint density at radius 1 is 1.03 bits per heavy atom. The maximum absolute atomic E-state index is 14.6. The van der Waals surface area contributed by atoms with Crippen molar-refractivity contribution in [2.45, 2.75) is 39.0 Å². The van der Waals surface area contributed by atoms with Crippen LogP contribution in [0.3, 0.4) is 0 Å². The third kappa shape index (κ3) is 5.24. The number of fused-ring (bicyclic) bond motifs is 1. The predicted octanol–water partition coefficient (Wildman–Crippen LogP) is 4.71. The van der Waals surface area contributed by atoms with Gasteiger partial charge in [-0.3, -0.25) is 9.78 Å². The zero-order valence-electron chi connectivity index (χ0n) is 20.2. The summed E-state index contributed by atoms with van der Waals surface area (Å²) in [6, 6.07) is 6.54. The van der Waals surface area contributed by atoms with Crippen molar-refractivity contribution in [3.8, 4) is 11.3 Å². The van der Waals surface area contributed by atoms with E-state index in [0.717, 1.165) is 29.1 Å². The Hall–Kier alpha value is -4.01. The van der Waals surface area contributed by atoms with Crippen LogP contribution in [-0.4, -0.2) is 44.4 Å². The molecule has 9 heteroatoms. The quantitative estimate of drug-likeness (QED) is 0.382. The lowest BCUT2D eigenvalue weighted by atomic mass is 9.93. The number of pyridine rings is 1. The van der Waals surface area contributed by atoms with E-state index in [1.165, 1.54) is 25.5 Å². The third-order valence-corrected chi connectivity index (χ3v) is 5.91. The van der Waals surface area contributed by atoms with Crippen molar-refractivity contribution in [1.82, 2.24) is 30.2 Å². The summed E-state index contributed by atoms with van der Waals surface area (Å²) in [6.45, 7) is 6.79. The maximum atomic E-state index is 14.6. The second kappa shape index (κ2) is 10.5. The summed E-state index contributed by atoms with van der Waals surface area (Å²) in [5.41, 5.74) is 3.24. The van der Waals surface area contributed by atoms with E-state index in [4.69, 9.17) is 0 Å². The Morgan fingerprint density at radius 2 is 1.80 bits per heavy atom. The Balaban J connectivity index is 1.47. The minimum absolute atomic E-state index is 0.0660. The van der Waals surface area contributed by atoms with Crippen molar-refractivity contribution in [1.29, 1.82) is 0 Å². The van der Waals surface area contributed by atoms with Gasteiger partial charge >= 0.3 is 0 Å². The zero-order valence-corrected chi connectivity index (χ0v) is 20.2. The van der Waals surface area contributed by atoms with Gasteiger partial charge in [-0.1, -0.05) is 26.8 Å². The summed E-state index contributed by atoms with van der Waals surface area (Å²) in [7, 11) is 1.52. The number of carbonyl (C=O) groups excluding carboxylic acids is 1. The molecular formula is C26H28FN7O. The molecule has 4 aromatic rings. The Morgan fingerprint density at radius 3 is 2.51 bits per heavy atom. The molecule has 0 spiro atoms. The number of hydrogen-bond donors (Lipinski definition) is 2. The van der Waals surface area contributed by atoms with Crippen LogP contribution >= 0.6 is 0 Å². The second-order valence-corrected chi connectivity index (χ2v) is 8.69. The number of carbonyl (C=O) groups is 1. The monoisotopic (exact) mass is 473 g/mol. The average molecular weight is 474 g/mol. The first kappa shape index (κ1) is 24.1. The molecule has 0 aliphatic carbocycles. The van der Waals surface area contributed by atoms with Crippen LogP contribution in [0.4, 0.5) is 10.2 Å². The molecule has 0 aliphatic rings. The highest BCUT2D eigenvalue weighted by molar-refractivity contribution is 6.06. The molecule has 1 aromatic carbocycles. The van der Waals surface area contributed by atoms with Gasteiger partial charge in [0.2, 0.25) is 0 Å². The fraction of sp³-hybridized carbons (Fsp3) is 0.308. The van der Waals surface area contributed by atoms with E-state index in [9.17, 15) is 9.18 Å². The Bertz CT molecular complexity index is 1340. The van der Waals surface area contributed by atoms with E-state index in [2.05, 4.69) is 42.5 Å². The lowest BCUT2D eigenvalue weighted by Crippen LogP contribution is -2.19. The van der Waals surface area contributed by atoms with Crippen molar-refractivity contribution < 1.29 is 9.18 Å². The molecule has 1 atom stereocenters. The number of aromatic nitrogens is 5. The summed E-state index contributed by atoms with van der Waals surface area (Å²) in [5, 5.41) is 6.14. The van der Waals surface area contributed by atoms with E-state index >= 15 is 0 Å². The summed E-state index contributed by atoms with van der Waals surface area (Å²) < 4.78 is 14.6. The van der Waals surface area contributed by atoms with E-state index in [1.807, 2.05) is 19.9 Å². The largest absolute Gasteiger partial charge is 0.370 e. The van der Waals surface area contributed by atoms with Gasteiger partial charge in [0.1, 0.15) is 23.8 Å². The highest BCUT2D eigenvalue weighted by Crippen LogP contribution is 2.30. The minimum Gasteiger partial charge on any atom is -0.370 e. The highest BCUT2D eigenvalue weighted by Gasteiger charge is 2.18. The molecule has 3 heterocycles. The lowest BCUT2D eigenvalue weighted by Gasteiger charge is -2.16. The zero-order chi connectivity index (χ0) is 24.9. The fourth-order valence-electron chi connectivity index (χ4n) is 3.92. The van der Waals surface area contributed by atoms with Crippen molar-refractivity contribution in [3.05, 3.63) is 72.0 Å². The summed E-state index contributed by atoms with van der Waals surface area (Å²) in [6.07, 6.45) is 7.35. The number of nitrogens with one attached hydrogen (secondary N) is 2. The molecular weight excluding hydrogens is 445 g/mol. The fourth-order valence-corrected chi connectivity index (χ4v) is 3.92. The molecule has 1 unspecified atom stereocenters. The van der Waals surface area contributed by atoms with Gasteiger partial charge in [-0.05, 0) is 30.0 Å². The van der Waals surface area contributed by atoms with Crippen molar-refractivity contribution in [2.75, 3.05) is 18.9 Å². The van der Waals surface area contributed by atoms with Crippen LogP contribution in [0.25, 0.3) is 22.2 Å².